The summed E-state index contributed by atoms with van der Waals surface area (Å²) in [5.74, 6) is 0. The van der Waals surface area contributed by atoms with E-state index in [1.54, 1.807) is 0 Å². The summed E-state index contributed by atoms with van der Waals surface area (Å²) in [4.78, 5) is 25.2. The fourth-order valence-electron chi connectivity index (χ4n) is 2.23. The molecule has 7 nitrogen and oxygen atoms in total. The first-order chi connectivity index (χ1) is 10.9. The maximum atomic E-state index is 11.9. The summed E-state index contributed by atoms with van der Waals surface area (Å²) in [7, 11) is -1.97. The highest BCUT2D eigenvalue weighted by atomic mass is 32.2. The van der Waals surface area contributed by atoms with E-state index < -0.39 is 37.1 Å². The zero-order valence-corrected chi connectivity index (χ0v) is 16.5. The molecule has 0 spiro atoms. The molecule has 0 amide bonds. The SMILES string of the molecule is CC(C)(C)[Si](C)(C)OC[C@H]1S[C@@H](n2ccc(=O)[nH]c2=O)C(O)[C@H]1O. The van der Waals surface area contributed by atoms with Crippen molar-refractivity contribution in [2.75, 3.05) is 6.61 Å². The van der Waals surface area contributed by atoms with E-state index in [4.69, 9.17) is 4.43 Å². The van der Waals surface area contributed by atoms with E-state index in [1.807, 2.05) is 0 Å². The van der Waals surface area contributed by atoms with Crippen LogP contribution in [0.2, 0.25) is 18.1 Å². The molecule has 0 bridgehead atoms. The maximum Gasteiger partial charge on any atom is 0.329 e. The Labute approximate surface area is 146 Å². The molecule has 9 heteroatoms. The highest BCUT2D eigenvalue weighted by molar-refractivity contribution is 8.00. The van der Waals surface area contributed by atoms with E-state index in [0.717, 1.165) is 0 Å². The second-order valence-corrected chi connectivity index (χ2v) is 13.8. The van der Waals surface area contributed by atoms with Gasteiger partial charge in [0.25, 0.3) is 5.56 Å². The quantitative estimate of drug-likeness (QED) is 0.676. The Balaban J connectivity index is 2.13. The van der Waals surface area contributed by atoms with Crippen LogP contribution in [0, 0.1) is 0 Å². The molecule has 2 heterocycles. The monoisotopic (exact) mass is 374 g/mol. The number of hydrogen-bond donors (Lipinski definition) is 3. The van der Waals surface area contributed by atoms with Crippen molar-refractivity contribution in [3.8, 4) is 0 Å². The van der Waals surface area contributed by atoms with E-state index in [1.165, 1.54) is 28.6 Å². The zero-order chi connectivity index (χ0) is 18.3. The molecule has 2 rings (SSSR count). The largest absolute Gasteiger partial charge is 0.416 e. The molecule has 0 radical (unpaired) electrons. The van der Waals surface area contributed by atoms with Crippen LogP contribution in [0.25, 0.3) is 0 Å². The van der Waals surface area contributed by atoms with Crippen molar-refractivity contribution < 1.29 is 14.6 Å². The predicted octanol–water partition coefficient (Wildman–Crippen LogP) is 0.894. The second kappa shape index (κ2) is 6.79. The molecule has 24 heavy (non-hydrogen) atoms. The van der Waals surface area contributed by atoms with Crippen LogP contribution >= 0.6 is 11.8 Å². The average molecular weight is 375 g/mol. The van der Waals surface area contributed by atoms with Gasteiger partial charge in [-0.25, -0.2) is 4.79 Å². The lowest BCUT2D eigenvalue weighted by atomic mass is 10.1. The van der Waals surface area contributed by atoms with Crippen LogP contribution in [0.15, 0.2) is 21.9 Å². The Bertz CT molecular complexity index is 696. The third-order valence-corrected chi connectivity index (χ3v) is 10.9. The molecular formula is C15H26N2O5SSi. The molecule has 0 saturated carbocycles. The number of hydrogen-bond acceptors (Lipinski definition) is 6. The normalized spacial score (nSPS) is 28.3. The van der Waals surface area contributed by atoms with Gasteiger partial charge in [-0.15, -0.1) is 11.8 Å². The Morgan fingerprint density at radius 3 is 2.46 bits per heavy atom. The minimum Gasteiger partial charge on any atom is -0.416 e. The molecule has 0 aromatic carbocycles. The average Bonchev–Trinajstić information content (AvgIpc) is 2.72. The number of aromatic amines is 1. The van der Waals surface area contributed by atoms with Crippen molar-refractivity contribution in [1.29, 1.82) is 0 Å². The van der Waals surface area contributed by atoms with Gasteiger partial charge < -0.3 is 14.6 Å². The van der Waals surface area contributed by atoms with Crippen LogP contribution in [-0.4, -0.2) is 52.1 Å². The molecule has 1 aliphatic rings. The van der Waals surface area contributed by atoms with E-state index >= 15 is 0 Å². The molecule has 1 saturated heterocycles. The summed E-state index contributed by atoms with van der Waals surface area (Å²) in [6.07, 6.45) is -0.763. The van der Waals surface area contributed by atoms with Gasteiger partial charge >= 0.3 is 5.69 Å². The van der Waals surface area contributed by atoms with E-state index in [2.05, 4.69) is 38.8 Å². The van der Waals surface area contributed by atoms with Gasteiger partial charge in [-0.2, -0.15) is 0 Å². The Hall–Kier alpha value is -0.873. The van der Waals surface area contributed by atoms with E-state index in [9.17, 15) is 19.8 Å². The topological polar surface area (TPSA) is 105 Å². The van der Waals surface area contributed by atoms with E-state index in [0.29, 0.717) is 6.61 Å². The van der Waals surface area contributed by atoms with Crippen molar-refractivity contribution in [3.63, 3.8) is 0 Å². The number of aromatic nitrogens is 2. The summed E-state index contributed by atoms with van der Waals surface area (Å²) in [6, 6.07) is 1.22. The summed E-state index contributed by atoms with van der Waals surface area (Å²) < 4.78 is 7.37. The minimum absolute atomic E-state index is 0.0507. The van der Waals surface area contributed by atoms with Crippen molar-refractivity contribution >= 4 is 20.1 Å². The molecular weight excluding hydrogens is 348 g/mol. The highest BCUT2D eigenvalue weighted by Crippen LogP contribution is 2.43. The first kappa shape index (κ1) is 19.5. The Kier molecular flexibility index (Phi) is 5.51. The van der Waals surface area contributed by atoms with E-state index in [-0.39, 0.29) is 10.3 Å². The third-order valence-electron chi connectivity index (χ3n) is 4.88. The zero-order valence-electron chi connectivity index (χ0n) is 14.6. The molecule has 1 unspecified atom stereocenters. The standard InChI is InChI=1S/C15H26N2O5SSi/c1-15(2,3)24(4,5)22-8-9-11(19)12(20)13(23-9)17-7-6-10(18)16-14(17)21/h6-7,9,11-13,19-20H,8H2,1-5H3,(H,16,18,21)/t9-,11+,12?,13-/m1/s1. The number of aliphatic hydroxyl groups excluding tert-OH is 2. The lowest BCUT2D eigenvalue weighted by Crippen LogP contribution is -2.44. The van der Waals surface area contributed by atoms with Gasteiger partial charge in [0.1, 0.15) is 11.5 Å². The third kappa shape index (κ3) is 3.85. The lowest BCUT2D eigenvalue weighted by Gasteiger charge is -2.37. The first-order valence-corrected chi connectivity index (χ1v) is 11.8. The predicted molar refractivity (Wildman–Crippen MR) is 96.9 cm³/mol. The number of nitrogens with zero attached hydrogens (tertiary/aromatic N) is 1. The second-order valence-electron chi connectivity index (χ2n) is 7.64. The molecule has 4 atom stereocenters. The van der Waals surface area contributed by atoms with Gasteiger partial charge in [-0.05, 0) is 18.1 Å². The molecule has 0 aliphatic carbocycles. The van der Waals surface area contributed by atoms with Gasteiger partial charge in [0.05, 0.1) is 11.4 Å². The molecule has 1 aromatic rings. The van der Waals surface area contributed by atoms with Crippen LogP contribution in [0.3, 0.4) is 0 Å². The molecule has 1 aliphatic heterocycles. The fourth-order valence-corrected chi connectivity index (χ4v) is 4.83. The highest BCUT2D eigenvalue weighted by Gasteiger charge is 2.45. The fraction of sp³-hybridized carbons (Fsp3) is 0.733. The summed E-state index contributed by atoms with van der Waals surface area (Å²) in [6.45, 7) is 11.0. The van der Waals surface area contributed by atoms with Crippen LogP contribution < -0.4 is 11.2 Å². The summed E-state index contributed by atoms with van der Waals surface area (Å²) >= 11 is 1.29. The number of rotatable bonds is 4. The number of thioether (sulfide) groups is 1. The number of H-pyrrole nitrogens is 1. The minimum atomic E-state index is -1.97. The van der Waals surface area contributed by atoms with Gasteiger partial charge in [-0.3, -0.25) is 14.3 Å². The van der Waals surface area contributed by atoms with Crippen LogP contribution in [0.1, 0.15) is 26.1 Å². The van der Waals surface area contributed by atoms with Gasteiger partial charge in [0.15, 0.2) is 8.32 Å². The van der Waals surface area contributed by atoms with Gasteiger partial charge in [-0.1, -0.05) is 20.8 Å². The first-order valence-electron chi connectivity index (χ1n) is 7.91. The number of aliphatic hydroxyl groups is 2. The van der Waals surface area contributed by atoms with Crippen LogP contribution in [0.4, 0.5) is 0 Å². The summed E-state index contributed by atoms with van der Waals surface area (Å²) in [5, 5.41) is 19.7. The van der Waals surface area contributed by atoms with Crippen LogP contribution in [0.5, 0.6) is 0 Å². The van der Waals surface area contributed by atoms with Crippen molar-refractivity contribution in [3.05, 3.63) is 33.1 Å². The molecule has 1 aromatic heterocycles. The van der Waals surface area contributed by atoms with Crippen molar-refractivity contribution in [1.82, 2.24) is 9.55 Å². The molecule has 136 valence electrons. The summed E-state index contributed by atoms with van der Waals surface area (Å²) in [5.41, 5.74) is -1.09. The number of nitrogens with one attached hydrogen (secondary N) is 1. The molecule has 1 fully saturated rings. The lowest BCUT2D eigenvalue weighted by molar-refractivity contribution is 0.0108. The van der Waals surface area contributed by atoms with Crippen molar-refractivity contribution in [2.24, 2.45) is 0 Å². The Morgan fingerprint density at radius 1 is 1.29 bits per heavy atom. The smallest absolute Gasteiger partial charge is 0.329 e. The molecule has 3 N–H and O–H groups in total. The van der Waals surface area contributed by atoms with Crippen molar-refractivity contribution in [2.45, 2.75) is 61.7 Å². The van der Waals surface area contributed by atoms with Gasteiger partial charge in [0.2, 0.25) is 0 Å². The maximum absolute atomic E-state index is 11.9. The Morgan fingerprint density at radius 2 is 1.92 bits per heavy atom. The van der Waals surface area contributed by atoms with Crippen LogP contribution in [-0.2, 0) is 4.43 Å². The van der Waals surface area contributed by atoms with Gasteiger partial charge in [0, 0.05) is 18.9 Å².